The molecule has 5 nitrogen and oxygen atoms in total. The van der Waals surface area contributed by atoms with E-state index < -0.39 is 12.0 Å². The highest BCUT2D eigenvalue weighted by Gasteiger charge is 2.30. The lowest BCUT2D eigenvalue weighted by molar-refractivity contribution is -0.123. The van der Waals surface area contributed by atoms with Crippen molar-refractivity contribution in [1.29, 1.82) is 0 Å². The van der Waals surface area contributed by atoms with Gasteiger partial charge in [0.05, 0.1) is 18.9 Å². The standard InChI is InChI=1S/C12H15NO4/c1-3-16-9-5-7-8(6-10(9)17-4-2)13-12(15)11(7)14/h5-6,11,14H,3-4H2,1-2H3,(H,13,15). The van der Waals surface area contributed by atoms with Crippen molar-refractivity contribution in [3.05, 3.63) is 17.7 Å². The maximum atomic E-state index is 11.3. The van der Waals surface area contributed by atoms with Crippen LogP contribution in [0.25, 0.3) is 0 Å². The van der Waals surface area contributed by atoms with Crippen molar-refractivity contribution in [1.82, 2.24) is 0 Å². The SMILES string of the molecule is CCOc1cc2c(cc1OCC)C(O)C(=O)N2. The molecule has 0 bridgehead atoms. The summed E-state index contributed by atoms with van der Waals surface area (Å²) >= 11 is 0. The van der Waals surface area contributed by atoms with Gasteiger partial charge >= 0.3 is 0 Å². The number of hydrogen-bond donors (Lipinski definition) is 2. The van der Waals surface area contributed by atoms with Gasteiger partial charge in [0.2, 0.25) is 0 Å². The summed E-state index contributed by atoms with van der Waals surface area (Å²) in [5.74, 6) is 0.697. The van der Waals surface area contributed by atoms with Gasteiger partial charge in [-0.05, 0) is 19.9 Å². The lowest BCUT2D eigenvalue weighted by atomic mass is 10.1. The third kappa shape index (κ3) is 2.06. The van der Waals surface area contributed by atoms with Gasteiger partial charge < -0.3 is 19.9 Å². The van der Waals surface area contributed by atoms with E-state index in [1.807, 2.05) is 13.8 Å². The lowest BCUT2D eigenvalue weighted by Gasteiger charge is -2.12. The van der Waals surface area contributed by atoms with Crippen molar-refractivity contribution in [3.8, 4) is 11.5 Å². The Kier molecular flexibility index (Phi) is 3.19. The van der Waals surface area contributed by atoms with Crippen LogP contribution >= 0.6 is 0 Å². The summed E-state index contributed by atoms with van der Waals surface area (Å²) in [4.78, 5) is 11.3. The van der Waals surface area contributed by atoms with Gasteiger partial charge in [-0.1, -0.05) is 0 Å². The van der Waals surface area contributed by atoms with Crippen LogP contribution in [0.1, 0.15) is 25.5 Å². The van der Waals surface area contributed by atoms with E-state index in [2.05, 4.69) is 5.32 Å². The summed E-state index contributed by atoms with van der Waals surface area (Å²) < 4.78 is 10.9. The van der Waals surface area contributed by atoms with Crippen LogP contribution in [0.2, 0.25) is 0 Å². The second kappa shape index (κ2) is 4.63. The van der Waals surface area contributed by atoms with Gasteiger partial charge in [-0.3, -0.25) is 4.79 Å². The molecule has 1 aromatic carbocycles. The smallest absolute Gasteiger partial charge is 0.257 e. The molecule has 1 atom stereocenters. The second-order valence-corrected chi connectivity index (χ2v) is 3.64. The van der Waals surface area contributed by atoms with Gasteiger partial charge in [0, 0.05) is 11.6 Å². The average molecular weight is 237 g/mol. The molecular weight excluding hydrogens is 222 g/mol. The molecular formula is C12H15NO4. The van der Waals surface area contributed by atoms with Crippen molar-refractivity contribution in [2.24, 2.45) is 0 Å². The minimum Gasteiger partial charge on any atom is -0.490 e. The number of aliphatic hydroxyl groups excluding tert-OH is 1. The maximum absolute atomic E-state index is 11.3. The largest absolute Gasteiger partial charge is 0.490 e. The zero-order chi connectivity index (χ0) is 12.4. The van der Waals surface area contributed by atoms with Crippen LogP contribution in [-0.2, 0) is 4.79 Å². The van der Waals surface area contributed by atoms with Crippen molar-refractivity contribution in [3.63, 3.8) is 0 Å². The number of nitrogens with one attached hydrogen (secondary N) is 1. The molecule has 92 valence electrons. The molecule has 1 unspecified atom stereocenters. The number of benzene rings is 1. The number of anilines is 1. The number of ether oxygens (including phenoxy) is 2. The Morgan fingerprint density at radius 1 is 1.24 bits per heavy atom. The Hall–Kier alpha value is -1.75. The van der Waals surface area contributed by atoms with Crippen molar-refractivity contribution < 1.29 is 19.4 Å². The minimum atomic E-state index is -1.13. The lowest BCUT2D eigenvalue weighted by Crippen LogP contribution is -2.10. The van der Waals surface area contributed by atoms with Crippen LogP contribution in [0.5, 0.6) is 11.5 Å². The monoisotopic (exact) mass is 237 g/mol. The highest BCUT2D eigenvalue weighted by molar-refractivity contribution is 6.02. The fraction of sp³-hybridized carbons (Fsp3) is 0.417. The van der Waals surface area contributed by atoms with Crippen molar-refractivity contribution >= 4 is 11.6 Å². The fourth-order valence-electron chi connectivity index (χ4n) is 1.79. The summed E-state index contributed by atoms with van der Waals surface area (Å²) in [6, 6.07) is 3.32. The number of fused-ring (bicyclic) bond motifs is 1. The predicted molar refractivity (Wildman–Crippen MR) is 62.4 cm³/mol. The van der Waals surface area contributed by atoms with E-state index in [4.69, 9.17) is 9.47 Å². The molecule has 17 heavy (non-hydrogen) atoms. The van der Waals surface area contributed by atoms with Gasteiger partial charge in [0.1, 0.15) is 0 Å². The molecule has 0 saturated carbocycles. The van der Waals surface area contributed by atoms with E-state index in [0.29, 0.717) is 36.0 Å². The summed E-state index contributed by atoms with van der Waals surface area (Å²) in [7, 11) is 0. The Bertz CT molecular complexity index is 444. The van der Waals surface area contributed by atoms with Crippen LogP contribution in [0.4, 0.5) is 5.69 Å². The fourth-order valence-corrected chi connectivity index (χ4v) is 1.79. The van der Waals surface area contributed by atoms with E-state index in [0.717, 1.165) is 0 Å². The average Bonchev–Trinajstić information content (AvgIpc) is 2.57. The number of hydrogen-bond acceptors (Lipinski definition) is 4. The third-order valence-corrected chi connectivity index (χ3v) is 2.52. The summed E-state index contributed by atoms with van der Waals surface area (Å²) in [6.45, 7) is 4.74. The van der Waals surface area contributed by atoms with Gasteiger partial charge in [-0.15, -0.1) is 0 Å². The molecule has 1 aliphatic heterocycles. The number of amides is 1. The van der Waals surface area contributed by atoms with Gasteiger partial charge in [0.15, 0.2) is 17.6 Å². The zero-order valence-corrected chi connectivity index (χ0v) is 9.82. The molecule has 5 heteroatoms. The molecule has 2 N–H and O–H groups in total. The van der Waals surface area contributed by atoms with Gasteiger partial charge in [-0.2, -0.15) is 0 Å². The van der Waals surface area contributed by atoms with E-state index in [1.165, 1.54) is 0 Å². The summed E-state index contributed by atoms with van der Waals surface area (Å²) in [5.41, 5.74) is 1.11. The van der Waals surface area contributed by atoms with Crippen LogP contribution in [0.15, 0.2) is 12.1 Å². The molecule has 1 heterocycles. The summed E-state index contributed by atoms with van der Waals surface area (Å²) in [6.07, 6.45) is -1.13. The van der Waals surface area contributed by atoms with Crippen molar-refractivity contribution in [2.75, 3.05) is 18.5 Å². The highest BCUT2D eigenvalue weighted by Crippen LogP contribution is 2.40. The molecule has 0 spiro atoms. The van der Waals surface area contributed by atoms with Crippen LogP contribution in [0, 0.1) is 0 Å². The highest BCUT2D eigenvalue weighted by atomic mass is 16.5. The van der Waals surface area contributed by atoms with Crippen molar-refractivity contribution in [2.45, 2.75) is 20.0 Å². The van der Waals surface area contributed by atoms with Crippen LogP contribution in [-0.4, -0.2) is 24.2 Å². The van der Waals surface area contributed by atoms with Gasteiger partial charge in [0.25, 0.3) is 5.91 Å². The Labute approximate surface area is 99.3 Å². The molecule has 0 aromatic heterocycles. The zero-order valence-electron chi connectivity index (χ0n) is 9.82. The first-order valence-corrected chi connectivity index (χ1v) is 5.59. The van der Waals surface area contributed by atoms with Gasteiger partial charge in [-0.25, -0.2) is 0 Å². The van der Waals surface area contributed by atoms with E-state index in [1.54, 1.807) is 12.1 Å². The first kappa shape index (κ1) is 11.7. The predicted octanol–water partition coefficient (Wildman–Crippen LogP) is 1.47. The second-order valence-electron chi connectivity index (χ2n) is 3.64. The normalized spacial score (nSPS) is 17.6. The number of aliphatic hydroxyl groups is 1. The summed E-state index contributed by atoms with van der Waals surface area (Å²) in [5, 5.41) is 12.2. The molecule has 0 saturated heterocycles. The number of rotatable bonds is 4. The Morgan fingerprint density at radius 3 is 2.41 bits per heavy atom. The van der Waals surface area contributed by atoms with E-state index >= 15 is 0 Å². The minimum absolute atomic E-state index is 0.420. The molecule has 1 aromatic rings. The Balaban J connectivity index is 2.42. The first-order chi connectivity index (χ1) is 8.17. The molecule has 1 aliphatic rings. The molecule has 2 rings (SSSR count). The first-order valence-electron chi connectivity index (χ1n) is 5.59. The topological polar surface area (TPSA) is 67.8 Å². The Morgan fingerprint density at radius 2 is 1.82 bits per heavy atom. The molecule has 0 fully saturated rings. The van der Waals surface area contributed by atoms with E-state index in [-0.39, 0.29) is 0 Å². The molecule has 0 radical (unpaired) electrons. The van der Waals surface area contributed by atoms with Crippen LogP contribution in [0.3, 0.4) is 0 Å². The third-order valence-electron chi connectivity index (χ3n) is 2.52. The number of carbonyl (C=O) groups excluding carboxylic acids is 1. The quantitative estimate of drug-likeness (QED) is 0.832. The molecule has 1 amide bonds. The maximum Gasteiger partial charge on any atom is 0.257 e. The number of carbonyl (C=O) groups is 1. The van der Waals surface area contributed by atoms with Crippen LogP contribution < -0.4 is 14.8 Å². The molecule has 0 aliphatic carbocycles. The van der Waals surface area contributed by atoms with E-state index in [9.17, 15) is 9.90 Å².